The van der Waals surface area contributed by atoms with Crippen LogP contribution in [0.5, 0.6) is 0 Å². The van der Waals surface area contributed by atoms with E-state index in [2.05, 4.69) is 50.6 Å². The molecule has 1 aliphatic rings. The number of nitro benzene ring substituents is 1. The molecule has 1 saturated heterocycles. The van der Waals surface area contributed by atoms with Crippen molar-refractivity contribution in [1.29, 1.82) is 0 Å². The van der Waals surface area contributed by atoms with Crippen molar-refractivity contribution in [3.05, 3.63) is 52.1 Å². The lowest BCUT2D eigenvalue weighted by molar-refractivity contribution is -0.385. The van der Waals surface area contributed by atoms with Gasteiger partial charge in [-0.15, -0.1) is 0 Å². The summed E-state index contributed by atoms with van der Waals surface area (Å²) in [5, 5.41) is 28.3. The predicted octanol–water partition coefficient (Wildman–Crippen LogP) is 1.89. The van der Waals surface area contributed by atoms with Crippen LogP contribution in [-0.4, -0.2) is 86.9 Å². The number of carbonyl (C=O) groups is 1. The van der Waals surface area contributed by atoms with Gasteiger partial charge in [0.05, 0.1) is 42.1 Å². The van der Waals surface area contributed by atoms with Gasteiger partial charge in [0.25, 0.3) is 5.69 Å². The molecule has 0 saturated carbocycles. The quantitative estimate of drug-likeness (QED) is 0.0299. The van der Waals surface area contributed by atoms with Gasteiger partial charge in [0.15, 0.2) is 17.0 Å². The lowest BCUT2D eigenvalue weighted by atomic mass is 10.0. The molecule has 290 valence electrons. The largest absolute Gasteiger partial charge is 0.490 e. The van der Waals surface area contributed by atoms with E-state index in [4.69, 9.17) is 20.3 Å². The van der Waals surface area contributed by atoms with Gasteiger partial charge in [-0.3, -0.25) is 24.0 Å². The first-order chi connectivity index (χ1) is 24.9. The van der Waals surface area contributed by atoms with Crippen LogP contribution in [0.15, 0.2) is 30.9 Å². The topological polar surface area (TPSA) is 343 Å². The summed E-state index contributed by atoms with van der Waals surface area (Å²) >= 11 is 0. The van der Waals surface area contributed by atoms with E-state index in [-0.39, 0.29) is 41.5 Å². The number of phosphoric ester groups is 1. The number of aliphatic hydroxyl groups is 1. The second kappa shape index (κ2) is 18.1. The number of benzene rings is 1. The van der Waals surface area contributed by atoms with Gasteiger partial charge in [-0.1, -0.05) is 18.3 Å². The smallest absolute Gasteiger partial charge is 0.390 e. The van der Waals surface area contributed by atoms with Crippen molar-refractivity contribution in [3.63, 3.8) is 0 Å². The van der Waals surface area contributed by atoms with Crippen LogP contribution in [0, 0.1) is 22.0 Å². The van der Waals surface area contributed by atoms with Crippen molar-refractivity contribution in [1.82, 2.24) is 24.8 Å². The molecule has 0 bridgehead atoms. The Labute approximate surface area is 300 Å². The minimum atomic E-state index is -5.74. The maximum absolute atomic E-state index is 12.1. The summed E-state index contributed by atoms with van der Waals surface area (Å²) in [6.07, 6.45) is 1.60. The van der Waals surface area contributed by atoms with Crippen LogP contribution >= 0.6 is 23.5 Å². The van der Waals surface area contributed by atoms with Crippen LogP contribution in [0.1, 0.15) is 62.4 Å². The number of aromatic nitrogens is 4. The monoisotopic (exact) mass is 806 g/mol. The van der Waals surface area contributed by atoms with Gasteiger partial charge in [-0.2, -0.15) is 8.62 Å². The van der Waals surface area contributed by atoms with E-state index in [9.17, 15) is 43.5 Å². The van der Waals surface area contributed by atoms with Crippen molar-refractivity contribution in [2.75, 3.05) is 25.0 Å². The molecule has 9 N–H and O–H groups in total. The fourth-order valence-corrected chi connectivity index (χ4v) is 8.12. The van der Waals surface area contributed by atoms with Crippen LogP contribution in [0.25, 0.3) is 11.2 Å². The lowest BCUT2D eigenvalue weighted by Gasteiger charge is -2.19. The molecule has 2 aromatic heterocycles. The number of unbranched alkanes of at least 4 members (excludes halogenated alkanes) is 2. The number of rotatable bonds is 18. The highest BCUT2D eigenvalue weighted by Crippen LogP contribution is 2.66. The van der Waals surface area contributed by atoms with Crippen molar-refractivity contribution in [3.8, 4) is 11.8 Å². The van der Waals surface area contributed by atoms with Gasteiger partial charge in [0.2, 0.25) is 5.91 Å². The number of nitrogens with one attached hydrogen (secondary N) is 2. The van der Waals surface area contributed by atoms with Crippen LogP contribution in [0.4, 0.5) is 11.5 Å². The molecule has 23 nitrogen and oxygen atoms in total. The van der Waals surface area contributed by atoms with E-state index in [1.807, 2.05) is 0 Å². The molecule has 1 aliphatic heterocycles. The summed E-state index contributed by atoms with van der Waals surface area (Å²) < 4.78 is 53.5. The standard InChI is InChI=1S/C27H37N8O15P3/c1-17(19-9-8-18(12-20(19)35(38)39)6-5-11-29-23(37)7-3-2-4-10-28)33-26-25-27(31-15-30-26)34(16-32-25)24-13-21(36)22(48-24)14-47-52(43,44)50-53(45,46)49-51(40,41)42/h8-9,12,15-17,21-22,24,36H,2-4,7,10-11,13-14,28H2,1H3,(H,29,37)(H,43,44)(H,45,46)(H,30,31,33)(H2,40,41,42)/t17-,21+,22+,24+/m0/s1. The lowest BCUT2D eigenvalue weighted by Crippen LogP contribution is -2.26. The van der Waals surface area contributed by atoms with Crippen LogP contribution in [-0.2, 0) is 36.4 Å². The Hall–Kier alpha value is -3.71. The third kappa shape index (κ3) is 12.4. The van der Waals surface area contributed by atoms with E-state index in [0.717, 1.165) is 19.3 Å². The molecule has 26 heteroatoms. The molecule has 1 fully saturated rings. The summed E-state index contributed by atoms with van der Waals surface area (Å²) in [4.78, 5) is 72.5. The van der Waals surface area contributed by atoms with Crippen LogP contribution in [0.2, 0.25) is 0 Å². The Morgan fingerprint density at radius 1 is 1.15 bits per heavy atom. The number of imidazole rings is 1. The van der Waals surface area contributed by atoms with E-state index < -0.39 is 59.5 Å². The molecule has 0 radical (unpaired) electrons. The maximum Gasteiger partial charge on any atom is 0.490 e. The van der Waals surface area contributed by atoms with Gasteiger partial charge >= 0.3 is 23.5 Å². The molecule has 0 spiro atoms. The normalized spacial score (nSPS) is 20.2. The maximum atomic E-state index is 12.1. The van der Waals surface area contributed by atoms with Gasteiger partial charge in [0.1, 0.15) is 18.7 Å². The average Bonchev–Trinajstić information content (AvgIpc) is 3.66. The zero-order chi connectivity index (χ0) is 39.0. The Bertz CT molecular complexity index is 2000. The summed E-state index contributed by atoms with van der Waals surface area (Å²) in [6, 6.07) is 3.80. The Morgan fingerprint density at radius 3 is 2.60 bits per heavy atom. The van der Waals surface area contributed by atoms with Crippen molar-refractivity contribution in [2.24, 2.45) is 5.73 Å². The zero-order valence-electron chi connectivity index (χ0n) is 27.8. The minimum absolute atomic E-state index is 0.0765. The van der Waals surface area contributed by atoms with E-state index in [1.165, 1.54) is 23.3 Å². The Kier molecular flexibility index (Phi) is 14.3. The average molecular weight is 807 g/mol. The molecule has 1 amide bonds. The molecule has 6 atom stereocenters. The van der Waals surface area contributed by atoms with Crippen LogP contribution < -0.4 is 16.4 Å². The van der Waals surface area contributed by atoms with Crippen LogP contribution in [0.3, 0.4) is 0 Å². The summed E-state index contributed by atoms with van der Waals surface area (Å²) in [7, 11) is -16.8. The molecular weight excluding hydrogens is 769 g/mol. The molecular formula is C27H37N8O15P3. The van der Waals surface area contributed by atoms with Crippen molar-refractivity contribution >= 4 is 52.0 Å². The van der Waals surface area contributed by atoms with Gasteiger partial charge < -0.3 is 45.8 Å². The number of fused-ring (bicyclic) bond motifs is 1. The molecule has 53 heavy (non-hydrogen) atoms. The number of nitrogens with two attached hydrogens (primary N) is 1. The minimum Gasteiger partial charge on any atom is -0.390 e. The number of ether oxygens (including phenoxy) is 1. The summed E-state index contributed by atoms with van der Waals surface area (Å²) in [5.74, 6) is 5.66. The number of nitro groups is 1. The number of aliphatic hydroxyl groups excluding tert-OH is 1. The van der Waals surface area contributed by atoms with Gasteiger partial charge in [-0.25, -0.2) is 28.6 Å². The number of anilines is 1. The highest BCUT2D eigenvalue weighted by atomic mass is 31.3. The van der Waals surface area contributed by atoms with E-state index >= 15 is 0 Å². The fraction of sp³-hybridized carbons (Fsp3) is 0.481. The number of hydrogen-bond acceptors (Lipinski definition) is 16. The third-order valence-corrected chi connectivity index (χ3v) is 11.3. The molecule has 3 aromatic rings. The first kappa shape index (κ1) is 42.0. The summed E-state index contributed by atoms with van der Waals surface area (Å²) in [5.41, 5.74) is 6.34. The zero-order valence-corrected chi connectivity index (χ0v) is 30.5. The second-order valence-electron chi connectivity index (χ2n) is 11.4. The number of amides is 1. The van der Waals surface area contributed by atoms with Crippen molar-refractivity contribution < 1.29 is 66.0 Å². The number of hydrogen-bond donors (Lipinski definition) is 8. The molecule has 4 rings (SSSR count). The highest BCUT2D eigenvalue weighted by Gasteiger charge is 2.43. The first-order valence-electron chi connectivity index (χ1n) is 15.7. The molecule has 3 heterocycles. The predicted molar refractivity (Wildman–Crippen MR) is 182 cm³/mol. The van der Waals surface area contributed by atoms with E-state index in [1.54, 1.807) is 19.1 Å². The highest BCUT2D eigenvalue weighted by molar-refractivity contribution is 7.66. The number of phosphoric acid groups is 3. The third-order valence-electron chi connectivity index (χ3n) is 7.45. The fourth-order valence-electron chi connectivity index (χ4n) is 5.09. The number of nitrogens with zero attached hydrogens (tertiary/aromatic N) is 5. The first-order valence-corrected chi connectivity index (χ1v) is 20.2. The van der Waals surface area contributed by atoms with Gasteiger partial charge in [-0.05, 0) is 38.4 Å². The van der Waals surface area contributed by atoms with Gasteiger partial charge in [0, 0.05) is 24.5 Å². The van der Waals surface area contributed by atoms with Crippen molar-refractivity contribution in [2.45, 2.75) is 63.5 Å². The molecule has 1 aromatic carbocycles. The molecule has 0 aliphatic carbocycles. The molecule has 2 unspecified atom stereocenters. The SMILES string of the molecule is C[C@H](Nc1ncnc2c1ncn2[C@H]1C[C@@H](O)[C@@H](COP(=O)(O)OP(=O)(O)OP(=O)(O)O)O1)c1ccc(C#CCNC(=O)CCCCCN)cc1[N+](=O)[O-]. The van der Waals surface area contributed by atoms with E-state index in [0.29, 0.717) is 24.1 Å². The number of carbonyl (C=O) groups excluding carboxylic acids is 1. The Balaban J connectivity index is 1.40. The second-order valence-corrected chi connectivity index (χ2v) is 15.9. The summed E-state index contributed by atoms with van der Waals surface area (Å²) in [6.45, 7) is 1.44. The Morgan fingerprint density at radius 2 is 1.91 bits per heavy atom.